The van der Waals surface area contributed by atoms with E-state index < -0.39 is 5.97 Å². The van der Waals surface area contributed by atoms with Gasteiger partial charge in [-0.2, -0.15) is 0 Å². The SMILES string of the molecule is CCCc1c(OCc2ccc(Sc3cccc(C(=O)O)c3)cc2)ccc(C(C)=O)c1O. The molecule has 5 nitrogen and oxygen atoms in total. The number of aromatic hydroxyl groups is 1. The maximum atomic E-state index is 11.7. The average molecular weight is 437 g/mol. The summed E-state index contributed by atoms with van der Waals surface area (Å²) in [6.45, 7) is 3.77. The largest absolute Gasteiger partial charge is 0.507 e. The molecule has 3 aromatic rings. The molecular formula is C25H24O5S. The molecule has 0 radical (unpaired) electrons. The molecule has 0 spiro atoms. The number of phenolic OH excluding ortho intramolecular Hbond substituents is 1. The Labute approximate surface area is 185 Å². The second-order valence-electron chi connectivity index (χ2n) is 7.11. The Hall–Kier alpha value is -3.25. The molecule has 6 heteroatoms. The number of carbonyl (C=O) groups excluding carboxylic acids is 1. The minimum atomic E-state index is -0.945. The lowest BCUT2D eigenvalue weighted by Gasteiger charge is -2.15. The van der Waals surface area contributed by atoms with E-state index in [1.54, 1.807) is 30.3 Å². The molecule has 0 unspecified atom stereocenters. The van der Waals surface area contributed by atoms with E-state index in [0.717, 1.165) is 21.8 Å². The fourth-order valence-corrected chi connectivity index (χ4v) is 4.05. The highest BCUT2D eigenvalue weighted by Gasteiger charge is 2.16. The van der Waals surface area contributed by atoms with Gasteiger partial charge in [0.1, 0.15) is 18.1 Å². The lowest BCUT2D eigenvalue weighted by Crippen LogP contribution is -2.02. The van der Waals surface area contributed by atoms with Crippen molar-refractivity contribution in [3.8, 4) is 11.5 Å². The number of hydrogen-bond donors (Lipinski definition) is 2. The van der Waals surface area contributed by atoms with Crippen LogP contribution >= 0.6 is 11.8 Å². The van der Waals surface area contributed by atoms with E-state index in [1.807, 2.05) is 37.3 Å². The monoisotopic (exact) mass is 436 g/mol. The van der Waals surface area contributed by atoms with Crippen molar-refractivity contribution in [2.24, 2.45) is 0 Å². The van der Waals surface area contributed by atoms with Crippen molar-refractivity contribution in [1.82, 2.24) is 0 Å². The quantitative estimate of drug-likeness (QED) is 0.402. The first-order valence-electron chi connectivity index (χ1n) is 9.97. The zero-order chi connectivity index (χ0) is 22.4. The molecule has 0 bridgehead atoms. The van der Waals surface area contributed by atoms with Gasteiger partial charge in [-0.3, -0.25) is 4.79 Å². The summed E-state index contributed by atoms with van der Waals surface area (Å²) in [5.41, 5.74) is 2.18. The van der Waals surface area contributed by atoms with Gasteiger partial charge in [-0.1, -0.05) is 43.3 Å². The minimum absolute atomic E-state index is 0.00203. The summed E-state index contributed by atoms with van der Waals surface area (Å²) in [6, 6.07) is 18.0. The molecule has 160 valence electrons. The number of phenols is 1. The van der Waals surface area contributed by atoms with Gasteiger partial charge in [0.2, 0.25) is 0 Å². The van der Waals surface area contributed by atoms with E-state index >= 15 is 0 Å². The summed E-state index contributed by atoms with van der Waals surface area (Å²) in [5.74, 6) is -0.543. The van der Waals surface area contributed by atoms with E-state index in [9.17, 15) is 14.7 Å². The lowest BCUT2D eigenvalue weighted by molar-refractivity contribution is 0.0696. The second kappa shape index (κ2) is 10.2. The number of carbonyl (C=O) groups is 2. The molecule has 0 aromatic heterocycles. The molecule has 0 aliphatic heterocycles. The van der Waals surface area contributed by atoms with E-state index in [0.29, 0.717) is 29.9 Å². The lowest BCUT2D eigenvalue weighted by atomic mass is 10.0. The number of hydrogen-bond acceptors (Lipinski definition) is 5. The first kappa shape index (κ1) is 22.4. The fourth-order valence-electron chi connectivity index (χ4n) is 3.17. The zero-order valence-electron chi connectivity index (χ0n) is 17.4. The van der Waals surface area contributed by atoms with Gasteiger partial charge in [0, 0.05) is 15.4 Å². The first-order chi connectivity index (χ1) is 14.9. The highest BCUT2D eigenvalue weighted by molar-refractivity contribution is 7.99. The number of rotatable bonds is 9. The van der Waals surface area contributed by atoms with Gasteiger partial charge in [-0.05, 0) is 61.4 Å². The normalized spacial score (nSPS) is 10.6. The zero-order valence-corrected chi connectivity index (χ0v) is 18.2. The molecular weight excluding hydrogens is 412 g/mol. The molecule has 0 aliphatic rings. The Kier molecular flexibility index (Phi) is 7.36. The number of ether oxygens (including phenoxy) is 1. The van der Waals surface area contributed by atoms with Crippen molar-refractivity contribution < 1.29 is 24.5 Å². The van der Waals surface area contributed by atoms with Crippen LogP contribution in [0, 0.1) is 0 Å². The average Bonchev–Trinajstić information content (AvgIpc) is 2.75. The third-order valence-corrected chi connectivity index (χ3v) is 5.75. The van der Waals surface area contributed by atoms with Crippen LogP contribution in [0.15, 0.2) is 70.5 Å². The summed E-state index contributed by atoms with van der Waals surface area (Å²) in [4.78, 5) is 24.7. The third kappa shape index (κ3) is 5.67. The second-order valence-corrected chi connectivity index (χ2v) is 8.26. The molecule has 2 N–H and O–H groups in total. The number of carboxylic acid groups (broad SMARTS) is 1. The Balaban J connectivity index is 1.69. The predicted octanol–water partition coefficient (Wildman–Crippen LogP) is 5.98. The number of aromatic carboxylic acids is 1. The summed E-state index contributed by atoms with van der Waals surface area (Å²) >= 11 is 1.49. The first-order valence-corrected chi connectivity index (χ1v) is 10.8. The van der Waals surface area contributed by atoms with Crippen molar-refractivity contribution in [3.63, 3.8) is 0 Å². The molecule has 0 saturated carbocycles. The van der Waals surface area contributed by atoms with Crippen molar-refractivity contribution in [2.75, 3.05) is 0 Å². The number of Topliss-reactive ketones (excluding diaryl/α,β-unsaturated/α-hetero) is 1. The summed E-state index contributed by atoms with van der Waals surface area (Å²) in [6.07, 6.45) is 1.44. The van der Waals surface area contributed by atoms with Crippen LogP contribution in [0.3, 0.4) is 0 Å². The smallest absolute Gasteiger partial charge is 0.335 e. The fraction of sp³-hybridized carbons (Fsp3) is 0.200. The third-order valence-electron chi connectivity index (χ3n) is 4.75. The number of ketones is 1. The van der Waals surface area contributed by atoms with Crippen LogP contribution in [0.1, 0.15) is 52.1 Å². The van der Waals surface area contributed by atoms with Crippen LogP contribution in [0.4, 0.5) is 0 Å². The van der Waals surface area contributed by atoms with E-state index in [-0.39, 0.29) is 17.1 Å². The van der Waals surface area contributed by atoms with Crippen LogP contribution in [0.2, 0.25) is 0 Å². The molecule has 0 aliphatic carbocycles. The maximum absolute atomic E-state index is 11.7. The van der Waals surface area contributed by atoms with Gasteiger partial charge >= 0.3 is 5.97 Å². The van der Waals surface area contributed by atoms with Crippen molar-refractivity contribution in [2.45, 2.75) is 43.1 Å². The summed E-state index contributed by atoms with van der Waals surface area (Å²) in [7, 11) is 0. The standard InChI is InChI=1S/C25H24O5S/c1-3-5-22-23(13-12-21(16(2)26)24(22)27)30-15-17-8-10-19(11-9-17)31-20-7-4-6-18(14-20)25(28)29/h4,6-14,27H,3,5,15H2,1-2H3,(H,28,29). The molecule has 3 rings (SSSR count). The number of carboxylic acids is 1. The van der Waals surface area contributed by atoms with Crippen LogP contribution in [-0.4, -0.2) is 22.0 Å². The predicted molar refractivity (Wildman–Crippen MR) is 120 cm³/mol. The van der Waals surface area contributed by atoms with Crippen molar-refractivity contribution in [1.29, 1.82) is 0 Å². The Morgan fingerprint density at radius 1 is 1.00 bits per heavy atom. The minimum Gasteiger partial charge on any atom is -0.507 e. The van der Waals surface area contributed by atoms with Gasteiger partial charge in [-0.25, -0.2) is 4.79 Å². The van der Waals surface area contributed by atoms with Crippen molar-refractivity contribution >= 4 is 23.5 Å². The molecule has 0 saturated heterocycles. The van der Waals surface area contributed by atoms with Crippen LogP contribution in [-0.2, 0) is 13.0 Å². The molecule has 0 heterocycles. The topological polar surface area (TPSA) is 83.8 Å². The maximum Gasteiger partial charge on any atom is 0.335 e. The molecule has 0 fully saturated rings. The van der Waals surface area contributed by atoms with Crippen LogP contribution < -0.4 is 4.74 Å². The Morgan fingerprint density at radius 3 is 2.39 bits per heavy atom. The summed E-state index contributed by atoms with van der Waals surface area (Å²) in [5, 5.41) is 19.6. The van der Waals surface area contributed by atoms with Crippen LogP contribution in [0.25, 0.3) is 0 Å². The van der Waals surface area contributed by atoms with Gasteiger partial charge in [-0.15, -0.1) is 0 Å². The van der Waals surface area contributed by atoms with Crippen LogP contribution in [0.5, 0.6) is 11.5 Å². The van der Waals surface area contributed by atoms with E-state index in [4.69, 9.17) is 9.84 Å². The molecule has 31 heavy (non-hydrogen) atoms. The van der Waals surface area contributed by atoms with Gasteiger partial charge in [0.15, 0.2) is 5.78 Å². The van der Waals surface area contributed by atoms with E-state index in [2.05, 4.69) is 0 Å². The van der Waals surface area contributed by atoms with E-state index in [1.165, 1.54) is 18.7 Å². The number of benzene rings is 3. The van der Waals surface area contributed by atoms with Crippen molar-refractivity contribution in [3.05, 3.63) is 82.9 Å². The highest BCUT2D eigenvalue weighted by atomic mass is 32.2. The molecule has 0 amide bonds. The van der Waals surface area contributed by atoms with Gasteiger partial charge in [0.05, 0.1) is 11.1 Å². The highest BCUT2D eigenvalue weighted by Crippen LogP contribution is 2.34. The molecule has 3 aromatic carbocycles. The Morgan fingerprint density at radius 2 is 1.74 bits per heavy atom. The van der Waals surface area contributed by atoms with Gasteiger partial charge in [0.25, 0.3) is 0 Å². The molecule has 0 atom stereocenters. The Bertz CT molecular complexity index is 1090. The summed E-state index contributed by atoms with van der Waals surface area (Å²) < 4.78 is 5.95. The van der Waals surface area contributed by atoms with Gasteiger partial charge < -0.3 is 14.9 Å².